The van der Waals surface area contributed by atoms with E-state index in [1.54, 1.807) is 0 Å². The molecular weight excluding hydrogens is 208 g/mol. The second-order valence-corrected chi connectivity index (χ2v) is 3.71. The largest absolute Gasteiger partial charge is 0.271 e. The van der Waals surface area contributed by atoms with Gasteiger partial charge in [-0.25, -0.2) is 0 Å². The number of nitrogens with two attached hydrogens (primary N) is 1. The van der Waals surface area contributed by atoms with E-state index in [0.717, 1.165) is 16.1 Å². The van der Waals surface area contributed by atoms with E-state index in [0.29, 0.717) is 6.42 Å². The van der Waals surface area contributed by atoms with E-state index in [1.165, 1.54) is 0 Å². The van der Waals surface area contributed by atoms with E-state index in [2.05, 4.69) is 17.3 Å². The zero-order valence-electron chi connectivity index (χ0n) is 8.97. The van der Waals surface area contributed by atoms with Crippen LogP contribution in [0.5, 0.6) is 0 Å². The average molecular weight is 223 g/mol. The summed E-state index contributed by atoms with van der Waals surface area (Å²) in [6, 6.07) is 5.85. The summed E-state index contributed by atoms with van der Waals surface area (Å²) in [5.74, 6) is 11.4. The standard InChI is InChI=1S/C12H15ClN2/c1-3-4-8-12(15-14)10-6-5-7-11(13)9(10)2/h5-7,12,15H,8,14H2,1-2H3. The fraction of sp³-hybridized carbons (Fsp3) is 0.333. The maximum Gasteiger partial charge on any atom is 0.0572 e. The molecule has 1 unspecified atom stereocenters. The van der Waals surface area contributed by atoms with Gasteiger partial charge >= 0.3 is 0 Å². The van der Waals surface area contributed by atoms with E-state index in [9.17, 15) is 0 Å². The third kappa shape index (κ3) is 2.97. The summed E-state index contributed by atoms with van der Waals surface area (Å²) in [7, 11) is 0. The lowest BCUT2D eigenvalue weighted by molar-refractivity contribution is 0.565. The van der Waals surface area contributed by atoms with Crippen molar-refractivity contribution in [3.63, 3.8) is 0 Å². The zero-order chi connectivity index (χ0) is 11.3. The van der Waals surface area contributed by atoms with Gasteiger partial charge in [0, 0.05) is 11.4 Å². The molecule has 3 heteroatoms. The third-order valence-corrected chi connectivity index (χ3v) is 2.78. The summed E-state index contributed by atoms with van der Waals surface area (Å²) in [5.41, 5.74) is 4.92. The molecule has 0 aliphatic carbocycles. The Morgan fingerprint density at radius 3 is 2.87 bits per heavy atom. The zero-order valence-corrected chi connectivity index (χ0v) is 9.73. The van der Waals surface area contributed by atoms with Gasteiger partial charge in [-0.05, 0) is 31.0 Å². The van der Waals surface area contributed by atoms with Crippen LogP contribution in [0.1, 0.15) is 30.5 Å². The fourth-order valence-electron chi connectivity index (χ4n) is 1.46. The van der Waals surface area contributed by atoms with Crippen molar-refractivity contribution in [3.05, 3.63) is 34.3 Å². The van der Waals surface area contributed by atoms with Gasteiger partial charge in [-0.3, -0.25) is 11.3 Å². The number of benzene rings is 1. The minimum absolute atomic E-state index is 0.0381. The van der Waals surface area contributed by atoms with E-state index < -0.39 is 0 Å². The highest BCUT2D eigenvalue weighted by Gasteiger charge is 2.11. The Hall–Kier alpha value is -1.01. The van der Waals surface area contributed by atoms with Gasteiger partial charge in [0.2, 0.25) is 0 Å². The smallest absolute Gasteiger partial charge is 0.0572 e. The second-order valence-electron chi connectivity index (χ2n) is 3.30. The van der Waals surface area contributed by atoms with Crippen LogP contribution in [0.25, 0.3) is 0 Å². The Kier molecular flexibility index (Phi) is 4.64. The Morgan fingerprint density at radius 1 is 1.53 bits per heavy atom. The van der Waals surface area contributed by atoms with E-state index >= 15 is 0 Å². The molecule has 0 aliphatic heterocycles. The van der Waals surface area contributed by atoms with Gasteiger partial charge < -0.3 is 0 Å². The molecule has 0 aliphatic rings. The number of halogens is 1. The van der Waals surface area contributed by atoms with Crippen molar-refractivity contribution in [1.29, 1.82) is 0 Å². The Balaban J connectivity index is 2.99. The summed E-state index contributed by atoms with van der Waals surface area (Å²) in [4.78, 5) is 0. The highest BCUT2D eigenvalue weighted by molar-refractivity contribution is 6.31. The van der Waals surface area contributed by atoms with Crippen LogP contribution in [0.2, 0.25) is 5.02 Å². The molecule has 0 amide bonds. The van der Waals surface area contributed by atoms with Crippen molar-refractivity contribution in [2.45, 2.75) is 26.3 Å². The van der Waals surface area contributed by atoms with Crippen LogP contribution in [-0.4, -0.2) is 0 Å². The normalized spacial score (nSPS) is 11.7. The highest BCUT2D eigenvalue weighted by atomic mass is 35.5. The molecular formula is C12H15ClN2. The molecule has 1 aromatic carbocycles. The van der Waals surface area contributed by atoms with Crippen molar-refractivity contribution >= 4 is 11.6 Å². The molecule has 80 valence electrons. The van der Waals surface area contributed by atoms with Gasteiger partial charge in [0.1, 0.15) is 0 Å². The molecule has 3 N–H and O–H groups in total. The van der Waals surface area contributed by atoms with Crippen LogP contribution < -0.4 is 11.3 Å². The van der Waals surface area contributed by atoms with Crippen LogP contribution in [-0.2, 0) is 0 Å². The number of rotatable bonds is 3. The molecule has 0 saturated carbocycles. The Labute approximate surface area is 95.8 Å². The lowest BCUT2D eigenvalue weighted by Gasteiger charge is -2.16. The van der Waals surface area contributed by atoms with Crippen LogP contribution in [0.15, 0.2) is 18.2 Å². The Bertz CT molecular complexity index is 390. The van der Waals surface area contributed by atoms with Gasteiger partial charge in [0.05, 0.1) is 6.04 Å². The van der Waals surface area contributed by atoms with Crippen LogP contribution in [0.3, 0.4) is 0 Å². The minimum Gasteiger partial charge on any atom is -0.271 e. The monoisotopic (exact) mass is 222 g/mol. The predicted octanol–water partition coefficient (Wildman–Crippen LogP) is 2.57. The second kappa shape index (κ2) is 5.77. The molecule has 0 saturated heterocycles. The first kappa shape index (κ1) is 12.1. The highest BCUT2D eigenvalue weighted by Crippen LogP contribution is 2.25. The van der Waals surface area contributed by atoms with E-state index in [-0.39, 0.29) is 6.04 Å². The summed E-state index contributed by atoms with van der Waals surface area (Å²) in [6.45, 7) is 3.81. The third-order valence-electron chi connectivity index (χ3n) is 2.37. The van der Waals surface area contributed by atoms with Crippen LogP contribution in [0.4, 0.5) is 0 Å². The molecule has 0 spiro atoms. The summed E-state index contributed by atoms with van der Waals surface area (Å²) in [5, 5.41) is 0.761. The Morgan fingerprint density at radius 2 is 2.27 bits per heavy atom. The number of hydrogen-bond donors (Lipinski definition) is 2. The summed E-state index contributed by atoms with van der Waals surface area (Å²) < 4.78 is 0. The molecule has 0 fully saturated rings. The van der Waals surface area contributed by atoms with E-state index in [4.69, 9.17) is 17.4 Å². The average Bonchev–Trinajstić information content (AvgIpc) is 2.25. The molecule has 2 nitrogen and oxygen atoms in total. The molecule has 1 atom stereocenters. The van der Waals surface area contributed by atoms with Crippen molar-refractivity contribution in [1.82, 2.24) is 5.43 Å². The van der Waals surface area contributed by atoms with Gasteiger partial charge in [-0.2, -0.15) is 0 Å². The predicted molar refractivity (Wildman–Crippen MR) is 64.3 cm³/mol. The maximum atomic E-state index is 6.04. The van der Waals surface area contributed by atoms with Crippen molar-refractivity contribution in [2.24, 2.45) is 5.84 Å². The first-order valence-electron chi connectivity index (χ1n) is 4.81. The summed E-state index contributed by atoms with van der Waals surface area (Å²) in [6.07, 6.45) is 0.689. The fourth-order valence-corrected chi connectivity index (χ4v) is 1.65. The number of hydrogen-bond acceptors (Lipinski definition) is 2. The van der Waals surface area contributed by atoms with Crippen molar-refractivity contribution in [3.8, 4) is 11.8 Å². The first-order chi connectivity index (χ1) is 7.20. The molecule has 0 aromatic heterocycles. The lowest BCUT2D eigenvalue weighted by atomic mass is 9.99. The van der Waals surface area contributed by atoms with Gasteiger partial charge in [0.25, 0.3) is 0 Å². The molecule has 0 heterocycles. The first-order valence-corrected chi connectivity index (χ1v) is 5.19. The molecule has 15 heavy (non-hydrogen) atoms. The quantitative estimate of drug-likeness (QED) is 0.469. The topological polar surface area (TPSA) is 38.0 Å². The molecule has 0 bridgehead atoms. The minimum atomic E-state index is 0.0381. The number of hydrazine groups is 1. The van der Waals surface area contributed by atoms with Gasteiger partial charge in [0.15, 0.2) is 0 Å². The molecule has 0 radical (unpaired) electrons. The van der Waals surface area contributed by atoms with Crippen molar-refractivity contribution in [2.75, 3.05) is 0 Å². The van der Waals surface area contributed by atoms with Crippen LogP contribution >= 0.6 is 11.6 Å². The molecule has 1 rings (SSSR count). The molecule has 1 aromatic rings. The van der Waals surface area contributed by atoms with Crippen LogP contribution in [0, 0.1) is 18.8 Å². The van der Waals surface area contributed by atoms with E-state index in [1.807, 2.05) is 32.0 Å². The number of nitrogens with one attached hydrogen (secondary N) is 1. The lowest BCUT2D eigenvalue weighted by Crippen LogP contribution is -2.28. The van der Waals surface area contributed by atoms with Gasteiger partial charge in [-0.15, -0.1) is 11.8 Å². The van der Waals surface area contributed by atoms with Crippen molar-refractivity contribution < 1.29 is 0 Å². The summed E-state index contributed by atoms with van der Waals surface area (Å²) >= 11 is 6.04. The maximum absolute atomic E-state index is 6.04. The van der Waals surface area contributed by atoms with Gasteiger partial charge in [-0.1, -0.05) is 23.7 Å². The SMILES string of the molecule is CC#CCC(NN)c1cccc(Cl)c1C.